The van der Waals surface area contributed by atoms with Crippen molar-refractivity contribution in [3.63, 3.8) is 0 Å². The average molecular weight is 398 g/mol. The fraction of sp³-hybridized carbons (Fsp3) is 0.471. The highest BCUT2D eigenvalue weighted by Gasteiger charge is 2.32. The Hall–Kier alpha value is -1.87. The van der Waals surface area contributed by atoms with Crippen LogP contribution in [0.3, 0.4) is 0 Å². The molecular weight excluding hydrogens is 374 g/mol. The molecule has 1 saturated heterocycles. The van der Waals surface area contributed by atoms with Crippen molar-refractivity contribution in [3.05, 3.63) is 41.6 Å². The normalized spacial score (nSPS) is 19.8. The van der Waals surface area contributed by atoms with Gasteiger partial charge in [0.2, 0.25) is 0 Å². The van der Waals surface area contributed by atoms with Crippen molar-refractivity contribution >= 4 is 25.7 Å². The van der Waals surface area contributed by atoms with Gasteiger partial charge >= 0.3 is 0 Å². The van der Waals surface area contributed by atoms with Crippen molar-refractivity contribution in [2.24, 2.45) is 0 Å². The lowest BCUT2D eigenvalue weighted by atomic mass is 10.0. The number of aryl methyl sites for hydroxylation is 1. The summed E-state index contributed by atoms with van der Waals surface area (Å²) in [6.07, 6.45) is 0.432. The van der Waals surface area contributed by atoms with E-state index in [1.807, 2.05) is 13.8 Å². The second-order valence-electron chi connectivity index (χ2n) is 7.00. The van der Waals surface area contributed by atoms with Gasteiger partial charge in [-0.3, -0.25) is 4.72 Å². The Bertz CT molecular complexity index is 1010. The Labute approximate surface area is 154 Å². The molecule has 1 atom stereocenters. The second-order valence-corrected chi connectivity index (χ2v) is 10.9. The van der Waals surface area contributed by atoms with E-state index in [4.69, 9.17) is 0 Å². The fourth-order valence-corrected chi connectivity index (χ4v) is 5.80. The molecule has 0 unspecified atom stereocenters. The number of sulfone groups is 1. The van der Waals surface area contributed by atoms with Crippen molar-refractivity contribution in [2.45, 2.75) is 44.0 Å². The Kier molecular flexibility index (Phi) is 4.87. The first-order valence-corrected chi connectivity index (χ1v) is 11.8. The molecule has 1 aromatic carbocycles. The van der Waals surface area contributed by atoms with Crippen LogP contribution >= 0.6 is 0 Å². The molecule has 1 aliphatic rings. The summed E-state index contributed by atoms with van der Waals surface area (Å²) in [5.74, 6) is 0.677. The first-order chi connectivity index (χ1) is 12.1. The predicted molar refractivity (Wildman–Crippen MR) is 101 cm³/mol. The molecule has 3 rings (SSSR count). The highest BCUT2D eigenvalue weighted by atomic mass is 32.2. The van der Waals surface area contributed by atoms with E-state index in [9.17, 15) is 16.8 Å². The van der Waals surface area contributed by atoms with Gasteiger partial charge in [-0.2, -0.15) is 5.10 Å². The number of nitrogens with one attached hydrogen (secondary N) is 1. The fourth-order valence-electron chi connectivity index (χ4n) is 3.07. The topological polar surface area (TPSA) is 98.1 Å². The Morgan fingerprint density at radius 1 is 1.23 bits per heavy atom. The van der Waals surface area contributed by atoms with E-state index < -0.39 is 19.9 Å². The molecule has 1 aliphatic heterocycles. The summed E-state index contributed by atoms with van der Waals surface area (Å²) in [6, 6.07) is 8.01. The van der Waals surface area contributed by atoms with Crippen LogP contribution in [0.4, 0.5) is 5.82 Å². The van der Waals surface area contributed by atoms with Crippen LogP contribution in [-0.2, 0) is 19.9 Å². The molecule has 26 heavy (non-hydrogen) atoms. The lowest BCUT2D eigenvalue weighted by Crippen LogP contribution is -2.20. The number of rotatable bonds is 5. The summed E-state index contributed by atoms with van der Waals surface area (Å²) in [5, 5.41) is 4.30. The largest absolute Gasteiger partial charge is 0.264 e. The van der Waals surface area contributed by atoms with E-state index >= 15 is 0 Å². The van der Waals surface area contributed by atoms with Crippen molar-refractivity contribution < 1.29 is 16.8 Å². The molecule has 1 aromatic heterocycles. The highest BCUT2D eigenvalue weighted by Crippen LogP contribution is 2.28. The molecule has 0 bridgehead atoms. The van der Waals surface area contributed by atoms with E-state index in [2.05, 4.69) is 9.82 Å². The number of aromatic nitrogens is 2. The summed E-state index contributed by atoms with van der Waals surface area (Å²) in [4.78, 5) is 0.159. The molecule has 2 aromatic rings. The van der Waals surface area contributed by atoms with Gasteiger partial charge in [-0.1, -0.05) is 26.0 Å². The van der Waals surface area contributed by atoms with Gasteiger partial charge in [-0.25, -0.2) is 21.5 Å². The maximum Gasteiger partial charge on any atom is 0.263 e. The number of hydrogen-bond donors (Lipinski definition) is 1. The standard InChI is InChI=1S/C17H23N3O4S2/c1-12(2)14-4-6-16(7-5-14)26(23,24)19-17-10-13(3)18-20(17)15-8-9-25(21,22)11-15/h4-7,10,12,15,19H,8-9,11H2,1-3H3/t15-/m0/s1. The van der Waals surface area contributed by atoms with E-state index in [0.717, 1.165) is 5.56 Å². The van der Waals surface area contributed by atoms with E-state index in [0.29, 0.717) is 18.0 Å². The first kappa shape index (κ1) is 18.9. The van der Waals surface area contributed by atoms with E-state index in [1.54, 1.807) is 37.3 Å². The summed E-state index contributed by atoms with van der Waals surface area (Å²) < 4.78 is 53.0. The molecular formula is C17H23N3O4S2. The highest BCUT2D eigenvalue weighted by molar-refractivity contribution is 7.92. The van der Waals surface area contributed by atoms with E-state index in [1.165, 1.54) is 4.68 Å². The molecule has 0 aliphatic carbocycles. The lowest BCUT2D eigenvalue weighted by Gasteiger charge is -2.15. The van der Waals surface area contributed by atoms with Crippen molar-refractivity contribution in [3.8, 4) is 0 Å². The first-order valence-electron chi connectivity index (χ1n) is 8.47. The quantitative estimate of drug-likeness (QED) is 0.836. The average Bonchev–Trinajstić information content (AvgIpc) is 3.08. The zero-order valence-corrected chi connectivity index (χ0v) is 16.6. The van der Waals surface area contributed by atoms with Gasteiger partial charge in [0.15, 0.2) is 9.84 Å². The van der Waals surface area contributed by atoms with Gasteiger partial charge in [-0.05, 0) is 37.0 Å². The maximum atomic E-state index is 12.7. The second kappa shape index (κ2) is 6.70. The maximum absolute atomic E-state index is 12.7. The van der Waals surface area contributed by atoms with Crippen LogP contribution < -0.4 is 4.72 Å². The zero-order chi connectivity index (χ0) is 19.1. The smallest absolute Gasteiger partial charge is 0.263 e. The number of benzene rings is 1. The molecule has 1 N–H and O–H groups in total. The Morgan fingerprint density at radius 2 is 1.88 bits per heavy atom. The van der Waals surface area contributed by atoms with Gasteiger partial charge < -0.3 is 0 Å². The van der Waals surface area contributed by atoms with Crippen LogP contribution in [0.25, 0.3) is 0 Å². The molecule has 1 fully saturated rings. The number of sulfonamides is 1. The van der Waals surface area contributed by atoms with Gasteiger partial charge in [-0.15, -0.1) is 0 Å². The number of nitrogens with zero attached hydrogens (tertiary/aromatic N) is 2. The summed E-state index contributed by atoms with van der Waals surface area (Å²) in [6.45, 7) is 5.83. The van der Waals surface area contributed by atoms with Crippen molar-refractivity contribution in [1.29, 1.82) is 0 Å². The van der Waals surface area contributed by atoms with Crippen LogP contribution in [0.5, 0.6) is 0 Å². The summed E-state index contributed by atoms with van der Waals surface area (Å²) in [7, 11) is -6.88. The minimum Gasteiger partial charge on any atom is -0.264 e. The summed E-state index contributed by atoms with van der Waals surface area (Å²) in [5.41, 5.74) is 1.68. The van der Waals surface area contributed by atoms with Gasteiger partial charge in [0.05, 0.1) is 28.1 Å². The molecule has 9 heteroatoms. The van der Waals surface area contributed by atoms with Crippen molar-refractivity contribution in [1.82, 2.24) is 9.78 Å². The zero-order valence-electron chi connectivity index (χ0n) is 15.0. The van der Waals surface area contributed by atoms with Crippen LogP contribution in [0.1, 0.15) is 43.5 Å². The SMILES string of the molecule is Cc1cc(NS(=O)(=O)c2ccc(C(C)C)cc2)n([C@H]2CCS(=O)(=O)C2)n1. The third kappa shape index (κ3) is 3.93. The molecule has 142 valence electrons. The van der Waals surface area contributed by atoms with Crippen LogP contribution in [0.2, 0.25) is 0 Å². The third-order valence-electron chi connectivity index (χ3n) is 4.51. The molecule has 0 radical (unpaired) electrons. The molecule has 0 spiro atoms. The molecule has 7 nitrogen and oxygen atoms in total. The van der Waals surface area contributed by atoms with E-state index in [-0.39, 0.29) is 28.3 Å². The molecule has 0 amide bonds. The van der Waals surface area contributed by atoms with Gasteiger partial charge in [0.25, 0.3) is 10.0 Å². The lowest BCUT2D eigenvalue weighted by molar-refractivity contribution is 0.503. The van der Waals surface area contributed by atoms with Crippen LogP contribution in [0.15, 0.2) is 35.2 Å². The van der Waals surface area contributed by atoms with Crippen LogP contribution in [0, 0.1) is 6.92 Å². The van der Waals surface area contributed by atoms with Crippen molar-refractivity contribution in [2.75, 3.05) is 16.2 Å². The Morgan fingerprint density at radius 3 is 2.42 bits per heavy atom. The number of hydrogen-bond acceptors (Lipinski definition) is 5. The monoisotopic (exact) mass is 397 g/mol. The number of anilines is 1. The predicted octanol–water partition coefficient (Wildman–Crippen LogP) is 2.48. The Balaban J connectivity index is 1.88. The minimum atomic E-state index is -3.78. The summed E-state index contributed by atoms with van der Waals surface area (Å²) >= 11 is 0. The molecule has 0 saturated carbocycles. The molecule has 2 heterocycles. The third-order valence-corrected chi connectivity index (χ3v) is 7.63. The minimum absolute atomic E-state index is 0.0219. The van der Waals surface area contributed by atoms with Gasteiger partial charge in [0, 0.05) is 6.07 Å². The van der Waals surface area contributed by atoms with Crippen LogP contribution in [-0.4, -0.2) is 38.1 Å². The van der Waals surface area contributed by atoms with Gasteiger partial charge in [0.1, 0.15) is 5.82 Å².